The minimum absolute atomic E-state index is 0.230. The Bertz CT molecular complexity index is 131. The van der Waals surface area contributed by atoms with Crippen LogP contribution in [0.3, 0.4) is 0 Å². The summed E-state index contributed by atoms with van der Waals surface area (Å²) in [5.74, 6) is 0.745. The molecule has 0 radical (unpaired) electrons. The maximum atomic E-state index is 10.9. The predicted molar refractivity (Wildman–Crippen MR) is 25.5 cm³/mol. The number of ether oxygens (including phenoxy) is 1. The van der Waals surface area contributed by atoms with Crippen LogP contribution in [0.4, 0.5) is 4.39 Å². The molecule has 0 aliphatic carbocycles. The lowest BCUT2D eigenvalue weighted by Gasteiger charge is -1.88. The van der Waals surface area contributed by atoms with Crippen molar-refractivity contribution in [3.05, 3.63) is 0 Å². The van der Waals surface area contributed by atoms with Gasteiger partial charge in [-0.05, 0) is 6.92 Å². The number of carbonyl (C=O) groups is 1. The van der Waals surface area contributed by atoms with Crippen molar-refractivity contribution in [2.45, 2.75) is 6.92 Å². The molecule has 0 unspecified atom stereocenters. The summed E-state index contributed by atoms with van der Waals surface area (Å²) in [4.78, 5) is 10.0. The summed E-state index contributed by atoms with van der Waals surface area (Å²) in [5, 5.41) is 0. The van der Waals surface area contributed by atoms with E-state index < -0.39 is 5.97 Å². The molecule has 0 aromatic heterocycles. The number of carbonyl (C=O) groups excluding carboxylic acids is 1. The van der Waals surface area contributed by atoms with E-state index in [1.54, 1.807) is 12.8 Å². The smallest absolute Gasteiger partial charge is 0.386 e. The molecule has 0 atom stereocenters. The molecular formula is C5H5FO2. The van der Waals surface area contributed by atoms with E-state index in [4.69, 9.17) is 0 Å². The van der Waals surface area contributed by atoms with Crippen molar-refractivity contribution >= 4 is 5.97 Å². The lowest BCUT2D eigenvalue weighted by atomic mass is 10.7. The van der Waals surface area contributed by atoms with Crippen molar-refractivity contribution < 1.29 is 13.9 Å². The fourth-order valence-corrected chi connectivity index (χ4v) is 0.206. The van der Waals surface area contributed by atoms with Crippen LogP contribution in [-0.4, -0.2) is 12.6 Å². The summed E-state index contributed by atoms with van der Waals surface area (Å²) in [5.41, 5.74) is 0. The number of rotatable bonds is 1. The van der Waals surface area contributed by atoms with Gasteiger partial charge in [-0.2, -0.15) is 0 Å². The molecule has 0 saturated carbocycles. The van der Waals surface area contributed by atoms with E-state index >= 15 is 0 Å². The zero-order valence-corrected chi connectivity index (χ0v) is 4.40. The number of halogens is 1. The summed E-state index contributed by atoms with van der Waals surface area (Å²) in [6.45, 7) is 1.85. The first-order chi connectivity index (χ1) is 3.81. The van der Waals surface area contributed by atoms with E-state index in [-0.39, 0.29) is 6.61 Å². The van der Waals surface area contributed by atoms with Crippen molar-refractivity contribution in [1.82, 2.24) is 0 Å². The highest BCUT2D eigenvalue weighted by molar-refractivity contribution is 5.87. The summed E-state index contributed by atoms with van der Waals surface area (Å²) in [6.07, 6.45) is 0.928. The maximum Gasteiger partial charge on any atom is 0.386 e. The summed E-state index contributed by atoms with van der Waals surface area (Å²) >= 11 is 0. The Balaban J connectivity index is 3.44. The van der Waals surface area contributed by atoms with E-state index in [1.165, 1.54) is 0 Å². The van der Waals surface area contributed by atoms with E-state index in [9.17, 15) is 9.18 Å². The van der Waals surface area contributed by atoms with Crippen molar-refractivity contribution in [2.24, 2.45) is 0 Å². The minimum Gasteiger partial charge on any atom is -0.456 e. The van der Waals surface area contributed by atoms with E-state index in [2.05, 4.69) is 4.74 Å². The van der Waals surface area contributed by atoms with Crippen LogP contribution in [0.15, 0.2) is 0 Å². The highest BCUT2D eigenvalue weighted by Gasteiger charge is 1.90. The Labute approximate surface area is 46.6 Å². The van der Waals surface area contributed by atoms with E-state index in [0.717, 1.165) is 6.17 Å². The van der Waals surface area contributed by atoms with Gasteiger partial charge in [-0.25, -0.2) is 4.79 Å². The van der Waals surface area contributed by atoms with E-state index in [0.29, 0.717) is 0 Å². The van der Waals surface area contributed by atoms with Crippen LogP contribution >= 0.6 is 0 Å². The highest BCUT2D eigenvalue weighted by atomic mass is 19.1. The molecule has 0 heterocycles. The first-order valence-electron chi connectivity index (χ1n) is 2.09. The van der Waals surface area contributed by atoms with Gasteiger partial charge in [-0.3, -0.25) is 0 Å². The zero-order valence-electron chi connectivity index (χ0n) is 4.40. The van der Waals surface area contributed by atoms with Crippen LogP contribution in [0.25, 0.3) is 0 Å². The fraction of sp³-hybridized carbons (Fsp3) is 0.400. The van der Waals surface area contributed by atoms with Gasteiger partial charge in [0.2, 0.25) is 0 Å². The Morgan fingerprint density at radius 1 is 1.88 bits per heavy atom. The lowest BCUT2D eigenvalue weighted by molar-refractivity contribution is -0.136. The van der Waals surface area contributed by atoms with Gasteiger partial charge in [0.1, 0.15) is 6.17 Å². The van der Waals surface area contributed by atoms with Crippen LogP contribution in [-0.2, 0) is 9.53 Å². The second-order valence-electron chi connectivity index (χ2n) is 0.940. The third-order valence-corrected chi connectivity index (χ3v) is 0.425. The van der Waals surface area contributed by atoms with Gasteiger partial charge in [0.05, 0.1) is 12.5 Å². The molecule has 0 saturated heterocycles. The van der Waals surface area contributed by atoms with Crippen LogP contribution in [0, 0.1) is 12.1 Å². The van der Waals surface area contributed by atoms with Crippen molar-refractivity contribution in [1.29, 1.82) is 0 Å². The molecular weight excluding hydrogens is 111 g/mol. The van der Waals surface area contributed by atoms with Crippen molar-refractivity contribution in [3.63, 3.8) is 0 Å². The summed E-state index contributed by atoms with van der Waals surface area (Å²) < 4.78 is 15.1. The normalized spacial score (nSPS) is 6.75. The molecule has 0 aromatic rings. The first kappa shape index (κ1) is 6.96. The predicted octanol–water partition coefficient (Wildman–Crippen LogP) is 0.480. The molecule has 0 fully saturated rings. The standard InChI is InChI=1S/C5H5FO2/c1-2-8-5(7)3-4-6/h2H2,1H3. The van der Waals surface area contributed by atoms with E-state index in [1.807, 2.05) is 0 Å². The quantitative estimate of drug-likeness (QED) is 0.368. The average Bonchev–Trinajstić information content (AvgIpc) is 1.68. The largest absolute Gasteiger partial charge is 0.456 e. The van der Waals surface area contributed by atoms with Gasteiger partial charge >= 0.3 is 5.97 Å². The molecule has 0 N–H and O–H groups in total. The SMILES string of the molecule is CCOC(=O)C#CF. The van der Waals surface area contributed by atoms with Crippen LogP contribution in [0.1, 0.15) is 6.92 Å². The topological polar surface area (TPSA) is 26.3 Å². The van der Waals surface area contributed by atoms with Gasteiger partial charge in [0.25, 0.3) is 0 Å². The van der Waals surface area contributed by atoms with Gasteiger partial charge in [-0.15, -0.1) is 4.39 Å². The molecule has 0 aromatic carbocycles. The fourth-order valence-electron chi connectivity index (χ4n) is 0.206. The van der Waals surface area contributed by atoms with Gasteiger partial charge in [0, 0.05) is 0 Å². The lowest BCUT2D eigenvalue weighted by Crippen LogP contribution is -1.98. The van der Waals surface area contributed by atoms with Crippen molar-refractivity contribution in [3.8, 4) is 12.1 Å². The number of hydrogen-bond donors (Lipinski definition) is 0. The second kappa shape index (κ2) is 4.13. The Kier molecular flexibility index (Phi) is 3.59. The first-order valence-corrected chi connectivity index (χ1v) is 2.09. The molecule has 8 heavy (non-hydrogen) atoms. The minimum atomic E-state index is -0.824. The molecule has 0 bridgehead atoms. The highest BCUT2D eigenvalue weighted by Crippen LogP contribution is 1.72. The van der Waals surface area contributed by atoms with Crippen molar-refractivity contribution in [2.75, 3.05) is 6.61 Å². The second-order valence-corrected chi connectivity index (χ2v) is 0.940. The van der Waals surface area contributed by atoms with Gasteiger partial charge in [-0.1, -0.05) is 0 Å². The number of hydrogen-bond acceptors (Lipinski definition) is 2. The summed E-state index contributed by atoms with van der Waals surface area (Å²) in [7, 11) is 0. The number of esters is 1. The van der Waals surface area contributed by atoms with Gasteiger partial charge in [0.15, 0.2) is 0 Å². The Morgan fingerprint density at radius 2 is 2.50 bits per heavy atom. The van der Waals surface area contributed by atoms with Crippen LogP contribution in [0.2, 0.25) is 0 Å². The molecule has 44 valence electrons. The third kappa shape index (κ3) is 3.16. The molecule has 0 amide bonds. The Hall–Kier alpha value is -1.04. The molecule has 2 nitrogen and oxygen atoms in total. The molecule has 0 aliphatic rings. The molecule has 0 spiro atoms. The molecule has 0 rings (SSSR count). The maximum absolute atomic E-state index is 10.9. The Morgan fingerprint density at radius 3 is 2.88 bits per heavy atom. The summed E-state index contributed by atoms with van der Waals surface area (Å²) in [6, 6.07) is 0. The van der Waals surface area contributed by atoms with Crippen LogP contribution < -0.4 is 0 Å². The third-order valence-electron chi connectivity index (χ3n) is 0.425. The molecule has 0 aliphatic heterocycles. The van der Waals surface area contributed by atoms with Gasteiger partial charge < -0.3 is 4.74 Å². The van der Waals surface area contributed by atoms with Crippen LogP contribution in [0.5, 0.6) is 0 Å². The zero-order chi connectivity index (χ0) is 6.41. The molecule has 3 heteroatoms. The monoisotopic (exact) mass is 116 g/mol. The average molecular weight is 116 g/mol.